The van der Waals surface area contributed by atoms with Crippen LogP contribution in [0.25, 0.3) is 0 Å². The number of ether oxygens (including phenoxy) is 1. The van der Waals surface area contributed by atoms with Crippen LogP contribution in [0.2, 0.25) is 0 Å². The molecule has 22 heavy (non-hydrogen) atoms. The van der Waals surface area contributed by atoms with Crippen LogP contribution >= 0.6 is 0 Å². The van der Waals surface area contributed by atoms with Gasteiger partial charge >= 0.3 is 0 Å². The summed E-state index contributed by atoms with van der Waals surface area (Å²) in [6.07, 6.45) is 5.59. The maximum atomic E-state index is 11.9. The summed E-state index contributed by atoms with van der Waals surface area (Å²) in [6.45, 7) is 2.10. The van der Waals surface area contributed by atoms with Gasteiger partial charge in [-0.25, -0.2) is 4.98 Å². The summed E-state index contributed by atoms with van der Waals surface area (Å²) in [4.78, 5) is 21.3. The number of nitrogens with one attached hydrogen (secondary N) is 2. The lowest BCUT2D eigenvalue weighted by Gasteiger charge is -2.28. The van der Waals surface area contributed by atoms with E-state index in [9.17, 15) is 4.79 Å². The number of anilines is 1. The van der Waals surface area contributed by atoms with Gasteiger partial charge < -0.3 is 19.9 Å². The molecule has 1 aliphatic rings. The quantitative estimate of drug-likeness (QED) is 0.907. The Morgan fingerprint density at radius 2 is 2.18 bits per heavy atom. The number of rotatable bonds is 4. The monoisotopic (exact) mass is 300 g/mol. The molecular formula is C16H20N4O2. The first-order valence-corrected chi connectivity index (χ1v) is 7.47. The molecule has 2 aromatic heterocycles. The van der Waals surface area contributed by atoms with Crippen molar-refractivity contribution >= 4 is 11.6 Å². The van der Waals surface area contributed by atoms with E-state index < -0.39 is 0 Å². The minimum atomic E-state index is -0.184. The highest BCUT2D eigenvalue weighted by molar-refractivity contribution is 6.02. The molecule has 1 fully saturated rings. The van der Waals surface area contributed by atoms with Crippen molar-refractivity contribution in [3.8, 4) is 5.88 Å². The maximum absolute atomic E-state index is 11.9. The number of carbonyl (C=O) groups excluding carboxylic acids is 1. The lowest BCUT2D eigenvalue weighted by atomic mass is 10.1. The molecule has 2 N–H and O–H groups in total. The summed E-state index contributed by atoms with van der Waals surface area (Å²) in [6, 6.07) is 7.10. The van der Waals surface area contributed by atoms with Crippen molar-refractivity contribution in [2.24, 2.45) is 0 Å². The zero-order chi connectivity index (χ0) is 15.4. The maximum Gasteiger partial charge on any atom is 0.272 e. The van der Waals surface area contributed by atoms with Crippen molar-refractivity contribution in [1.82, 2.24) is 14.9 Å². The Bertz CT molecular complexity index is 602. The molecule has 6 nitrogen and oxygen atoms in total. The first-order chi connectivity index (χ1) is 10.7. The molecule has 0 bridgehead atoms. The van der Waals surface area contributed by atoms with E-state index in [4.69, 9.17) is 4.74 Å². The summed E-state index contributed by atoms with van der Waals surface area (Å²) in [5.41, 5.74) is 1.17. The highest BCUT2D eigenvalue weighted by Crippen LogP contribution is 2.18. The second-order valence-corrected chi connectivity index (χ2v) is 5.54. The number of H-pyrrole nitrogens is 1. The van der Waals surface area contributed by atoms with Gasteiger partial charge in [-0.3, -0.25) is 4.79 Å². The number of aromatic nitrogens is 2. The smallest absolute Gasteiger partial charge is 0.272 e. The Hall–Kier alpha value is -2.34. The van der Waals surface area contributed by atoms with Crippen LogP contribution in [0.5, 0.6) is 5.88 Å². The molecule has 0 radical (unpaired) electrons. The third-order valence-corrected chi connectivity index (χ3v) is 3.79. The Balaban J connectivity index is 1.55. The highest BCUT2D eigenvalue weighted by atomic mass is 16.5. The van der Waals surface area contributed by atoms with Crippen molar-refractivity contribution in [1.29, 1.82) is 0 Å². The topological polar surface area (TPSA) is 70.2 Å². The number of nitrogens with zero attached hydrogens (tertiary/aromatic N) is 2. The van der Waals surface area contributed by atoms with Crippen LogP contribution in [0.15, 0.2) is 36.7 Å². The van der Waals surface area contributed by atoms with Gasteiger partial charge in [-0.15, -0.1) is 0 Å². The predicted molar refractivity (Wildman–Crippen MR) is 84.1 cm³/mol. The molecule has 3 heterocycles. The van der Waals surface area contributed by atoms with Crippen molar-refractivity contribution in [2.45, 2.75) is 18.9 Å². The zero-order valence-corrected chi connectivity index (χ0v) is 12.6. The van der Waals surface area contributed by atoms with Gasteiger partial charge in [-0.1, -0.05) is 0 Å². The van der Waals surface area contributed by atoms with Gasteiger partial charge in [0.15, 0.2) is 0 Å². The molecule has 0 spiro atoms. The van der Waals surface area contributed by atoms with E-state index in [1.807, 2.05) is 0 Å². The fourth-order valence-corrected chi connectivity index (χ4v) is 2.47. The minimum absolute atomic E-state index is 0.184. The van der Waals surface area contributed by atoms with Gasteiger partial charge in [0.1, 0.15) is 11.8 Å². The average molecular weight is 300 g/mol. The summed E-state index contributed by atoms with van der Waals surface area (Å²) in [5, 5.41) is 2.79. The first kappa shape index (κ1) is 14.6. The van der Waals surface area contributed by atoms with Gasteiger partial charge in [-0.05, 0) is 38.1 Å². The third kappa shape index (κ3) is 3.65. The van der Waals surface area contributed by atoms with E-state index in [-0.39, 0.29) is 12.0 Å². The predicted octanol–water partition coefficient (Wildman–Crippen LogP) is 2.13. The zero-order valence-electron chi connectivity index (χ0n) is 12.6. The first-order valence-electron chi connectivity index (χ1n) is 7.47. The van der Waals surface area contributed by atoms with Gasteiger partial charge in [0.05, 0.1) is 11.9 Å². The van der Waals surface area contributed by atoms with Gasteiger partial charge in [0.25, 0.3) is 5.91 Å². The summed E-state index contributed by atoms with van der Waals surface area (Å²) in [7, 11) is 2.12. The second kappa shape index (κ2) is 6.62. The number of hydrogen-bond donors (Lipinski definition) is 2. The third-order valence-electron chi connectivity index (χ3n) is 3.79. The van der Waals surface area contributed by atoms with Gasteiger partial charge in [0.2, 0.25) is 5.88 Å². The Kier molecular flexibility index (Phi) is 4.39. The average Bonchev–Trinajstić information content (AvgIpc) is 3.06. The number of piperidine rings is 1. The molecule has 6 heteroatoms. The van der Waals surface area contributed by atoms with E-state index in [2.05, 4.69) is 27.2 Å². The fourth-order valence-electron chi connectivity index (χ4n) is 2.47. The molecule has 0 aliphatic carbocycles. The lowest BCUT2D eigenvalue weighted by molar-refractivity contribution is 0.102. The van der Waals surface area contributed by atoms with Crippen LogP contribution in [0.3, 0.4) is 0 Å². The van der Waals surface area contributed by atoms with Crippen LogP contribution < -0.4 is 10.1 Å². The van der Waals surface area contributed by atoms with E-state index >= 15 is 0 Å². The van der Waals surface area contributed by atoms with Crippen molar-refractivity contribution in [3.63, 3.8) is 0 Å². The van der Waals surface area contributed by atoms with E-state index in [1.165, 1.54) is 0 Å². The SMILES string of the molecule is CN1CCC(Oc2ccc(NC(=O)c3ccc[nH]3)cn2)CC1. The molecule has 116 valence electrons. The number of likely N-dealkylation sites (tertiary alicyclic amines) is 1. The van der Waals surface area contributed by atoms with Gasteiger partial charge in [-0.2, -0.15) is 0 Å². The molecule has 1 saturated heterocycles. The van der Waals surface area contributed by atoms with E-state index in [1.54, 1.807) is 36.7 Å². The van der Waals surface area contributed by atoms with Crippen LogP contribution in [0.4, 0.5) is 5.69 Å². The van der Waals surface area contributed by atoms with Crippen LogP contribution in [0.1, 0.15) is 23.3 Å². The normalized spacial score (nSPS) is 16.4. The van der Waals surface area contributed by atoms with Crippen LogP contribution in [0, 0.1) is 0 Å². The standard InChI is InChI=1S/C16H20N4O2/c1-20-9-6-13(7-10-20)22-15-5-4-12(11-18-15)19-16(21)14-3-2-8-17-14/h2-5,8,11,13,17H,6-7,9-10H2,1H3,(H,19,21). The molecular weight excluding hydrogens is 280 g/mol. The molecule has 3 rings (SSSR count). The van der Waals surface area contributed by atoms with Crippen molar-refractivity contribution in [3.05, 3.63) is 42.4 Å². The lowest BCUT2D eigenvalue weighted by Crippen LogP contribution is -2.35. The second-order valence-electron chi connectivity index (χ2n) is 5.54. The number of pyridine rings is 1. The molecule has 0 unspecified atom stereocenters. The highest BCUT2D eigenvalue weighted by Gasteiger charge is 2.18. The summed E-state index contributed by atoms with van der Waals surface area (Å²) < 4.78 is 5.88. The van der Waals surface area contributed by atoms with Crippen molar-refractivity contribution < 1.29 is 9.53 Å². The Labute approximate surface area is 129 Å². The number of hydrogen-bond acceptors (Lipinski definition) is 4. The van der Waals surface area contributed by atoms with Crippen LogP contribution in [-0.4, -0.2) is 47.0 Å². The fraction of sp³-hybridized carbons (Fsp3) is 0.375. The van der Waals surface area contributed by atoms with E-state index in [0.29, 0.717) is 17.3 Å². The Morgan fingerprint density at radius 3 is 2.82 bits per heavy atom. The molecule has 1 aliphatic heterocycles. The largest absolute Gasteiger partial charge is 0.474 e. The summed E-state index contributed by atoms with van der Waals surface area (Å²) in [5.74, 6) is 0.420. The molecule has 2 aromatic rings. The van der Waals surface area contributed by atoms with Crippen LogP contribution in [-0.2, 0) is 0 Å². The van der Waals surface area contributed by atoms with Crippen molar-refractivity contribution in [2.75, 3.05) is 25.5 Å². The van der Waals surface area contributed by atoms with Gasteiger partial charge in [0, 0.05) is 25.4 Å². The molecule has 0 aromatic carbocycles. The number of aromatic amines is 1. The minimum Gasteiger partial charge on any atom is -0.474 e. The number of carbonyl (C=O) groups is 1. The molecule has 0 atom stereocenters. The summed E-state index contributed by atoms with van der Waals surface area (Å²) >= 11 is 0. The number of amides is 1. The molecule has 0 saturated carbocycles. The Morgan fingerprint density at radius 1 is 1.36 bits per heavy atom. The molecule has 1 amide bonds. The van der Waals surface area contributed by atoms with E-state index in [0.717, 1.165) is 25.9 Å².